The van der Waals surface area contributed by atoms with Gasteiger partial charge >= 0.3 is 5.97 Å². The van der Waals surface area contributed by atoms with E-state index in [9.17, 15) is 4.79 Å². The smallest absolute Gasteiger partial charge is 0.310 e. The highest BCUT2D eigenvalue weighted by Gasteiger charge is 2.13. The van der Waals surface area contributed by atoms with Gasteiger partial charge in [0, 0.05) is 19.6 Å². The maximum atomic E-state index is 10.9. The van der Waals surface area contributed by atoms with Gasteiger partial charge in [-0.15, -0.1) is 0 Å². The van der Waals surface area contributed by atoms with Crippen molar-refractivity contribution in [3.63, 3.8) is 0 Å². The lowest BCUT2D eigenvalue weighted by molar-refractivity contribution is -0.138. The fourth-order valence-corrected chi connectivity index (χ4v) is 2.23. The molecule has 0 spiro atoms. The molecule has 2 rings (SSSR count). The number of carbonyl (C=O) groups is 1. The van der Waals surface area contributed by atoms with E-state index in [4.69, 9.17) is 9.84 Å². The molecule has 1 fully saturated rings. The van der Waals surface area contributed by atoms with Gasteiger partial charge in [0.2, 0.25) is 0 Å². The first kappa shape index (κ1) is 14.0. The Morgan fingerprint density at radius 1 is 1.32 bits per heavy atom. The molecular formula is C15H21NO3. The minimum Gasteiger partial charge on any atom is -0.481 e. The monoisotopic (exact) mass is 263 g/mol. The van der Waals surface area contributed by atoms with E-state index in [1.807, 2.05) is 24.3 Å². The van der Waals surface area contributed by atoms with Gasteiger partial charge < -0.3 is 9.84 Å². The second-order valence-electron chi connectivity index (χ2n) is 5.01. The molecule has 1 atom stereocenters. The molecule has 0 bridgehead atoms. The van der Waals surface area contributed by atoms with Crippen molar-refractivity contribution in [2.45, 2.75) is 19.3 Å². The zero-order valence-electron chi connectivity index (χ0n) is 11.3. The molecular weight excluding hydrogens is 242 g/mol. The first-order chi connectivity index (χ1) is 9.16. The molecule has 4 nitrogen and oxygen atoms in total. The number of hydrogen-bond acceptors (Lipinski definition) is 3. The van der Waals surface area contributed by atoms with Crippen LogP contribution < -0.4 is 0 Å². The third-order valence-corrected chi connectivity index (χ3v) is 3.67. The summed E-state index contributed by atoms with van der Waals surface area (Å²) in [5.74, 6) is -1.21. The first-order valence-electron chi connectivity index (χ1n) is 6.78. The van der Waals surface area contributed by atoms with Crippen molar-refractivity contribution in [3.05, 3.63) is 35.4 Å². The molecule has 1 aromatic rings. The summed E-state index contributed by atoms with van der Waals surface area (Å²) < 4.78 is 5.32. The van der Waals surface area contributed by atoms with E-state index < -0.39 is 11.9 Å². The standard InChI is InChI=1S/C15H21NO3/c1-12(15(17)18)14-4-2-13(3-5-14)6-7-16-8-10-19-11-9-16/h2-5,12H,6-11H2,1H3,(H,17,18). The number of ether oxygens (including phenoxy) is 1. The van der Waals surface area contributed by atoms with Gasteiger partial charge in [0.25, 0.3) is 0 Å². The van der Waals surface area contributed by atoms with E-state index in [1.165, 1.54) is 5.56 Å². The topological polar surface area (TPSA) is 49.8 Å². The summed E-state index contributed by atoms with van der Waals surface area (Å²) in [6.45, 7) is 6.43. The van der Waals surface area contributed by atoms with Crippen LogP contribution in [0, 0.1) is 0 Å². The Balaban J connectivity index is 1.86. The highest BCUT2D eigenvalue weighted by atomic mass is 16.5. The highest BCUT2D eigenvalue weighted by Crippen LogP contribution is 2.16. The number of rotatable bonds is 5. The van der Waals surface area contributed by atoms with E-state index in [2.05, 4.69) is 4.90 Å². The number of benzene rings is 1. The molecule has 1 aliphatic heterocycles. The summed E-state index contributed by atoms with van der Waals surface area (Å²) in [5.41, 5.74) is 2.12. The summed E-state index contributed by atoms with van der Waals surface area (Å²) in [6, 6.07) is 7.92. The number of carboxylic acid groups (broad SMARTS) is 1. The molecule has 1 aliphatic rings. The molecule has 0 aromatic heterocycles. The van der Waals surface area contributed by atoms with Gasteiger partial charge in [-0.05, 0) is 24.5 Å². The van der Waals surface area contributed by atoms with Crippen molar-refractivity contribution in [2.75, 3.05) is 32.8 Å². The first-order valence-corrected chi connectivity index (χ1v) is 6.78. The molecule has 0 radical (unpaired) electrons. The Morgan fingerprint density at radius 3 is 2.53 bits per heavy atom. The molecule has 1 N–H and O–H groups in total. The number of nitrogens with zero attached hydrogens (tertiary/aromatic N) is 1. The normalized spacial score (nSPS) is 18.2. The van der Waals surface area contributed by atoms with Gasteiger partial charge in [0.1, 0.15) is 0 Å². The molecule has 1 aromatic carbocycles. The molecule has 1 unspecified atom stereocenters. The van der Waals surface area contributed by atoms with Crippen molar-refractivity contribution in [2.24, 2.45) is 0 Å². The van der Waals surface area contributed by atoms with E-state index in [-0.39, 0.29) is 0 Å². The van der Waals surface area contributed by atoms with E-state index in [0.717, 1.165) is 44.8 Å². The molecule has 0 saturated carbocycles. The Morgan fingerprint density at radius 2 is 1.95 bits per heavy atom. The largest absolute Gasteiger partial charge is 0.481 e. The zero-order valence-corrected chi connectivity index (χ0v) is 11.3. The van der Waals surface area contributed by atoms with Gasteiger partial charge in [-0.25, -0.2) is 0 Å². The maximum Gasteiger partial charge on any atom is 0.310 e. The third-order valence-electron chi connectivity index (χ3n) is 3.67. The van der Waals surface area contributed by atoms with E-state index in [1.54, 1.807) is 6.92 Å². The van der Waals surface area contributed by atoms with Crippen LogP contribution >= 0.6 is 0 Å². The van der Waals surface area contributed by atoms with Crippen molar-refractivity contribution in [1.82, 2.24) is 4.90 Å². The molecule has 1 heterocycles. The molecule has 19 heavy (non-hydrogen) atoms. The van der Waals surface area contributed by atoms with Gasteiger partial charge in [0.05, 0.1) is 19.1 Å². The van der Waals surface area contributed by atoms with Crippen molar-refractivity contribution >= 4 is 5.97 Å². The molecule has 1 saturated heterocycles. The van der Waals surface area contributed by atoms with Gasteiger partial charge in [-0.3, -0.25) is 9.69 Å². The molecule has 4 heteroatoms. The number of aliphatic carboxylic acids is 1. The minimum absolute atomic E-state index is 0.437. The van der Waals surface area contributed by atoms with E-state index >= 15 is 0 Å². The lowest BCUT2D eigenvalue weighted by Crippen LogP contribution is -2.37. The summed E-state index contributed by atoms with van der Waals surface area (Å²) in [5, 5.41) is 8.96. The quantitative estimate of drug-likeness (QED) is 0.879. The lowest BCUT2D eigenvalue weighted by atomic mass is 9.99. The van der Waals surface area contributed by atoms with Crippen molar-refractivity contribution in [3.8, 4) is 0 Å². The summed E-state index contributed by atoms with van der Waals surface area (Å²) in [7, 11) is 0. The third kappa shape index (κ3) is 4.04. The Labute approximate surface area is 114 Å². The van der Waals surface area contributed by atoms with Crippen LogP contribution in [0.1, 0.15) is 24.0 Å². The highest BCUT2D eigenvalue weighted by molar-refractivity contribution is 5.75. The number of carboxylic acids is 1. The van der Waals surface area contributed by atoms with Crippen LogP contribution in [0.25, 0.3) is 0 Å². The van der Waals surface area contributed by atoms with Gasteiger partial charge in [0.15, 0.2) is 0 Å². The Bertz CT molecular complexity index is 410. The van der Waals surface area contributed by atoms with Gasteiger partial charge in [-0.2, -0.15) is 0 Å². The Kier molecular flexibility index (Phi) is 4.93. The molecule has 104 valence electrons. The maximum absolute atomic E-state index is 10.9. The summed E-state index contributed by atoms with van der Waals surface area (Å²) in [6.07, 6.45) is 1.00. The number of morpholine rings is 1. The van der Waals surface area contributed by atoms with Crippen molar-refractivity contribution < 1.29 is 14.6 Å². The van der Waals surface area contributed by atoms with Crippen molar-refractivity contribution in [1.29, 1.82) is 0 Å². The van der Waals surface area contributed by atoms with Crippen LogP contribution in [0.2, 0.25) is 0 Å². The number of hydrogen-bond donors (Lipinski definition) is 1. The van der Waals surface area contributed by atoms with Crippen LogP contribution in [0.3, 0.4) is 0 Å². The average Bonchev–Trinajstić information content (AvgIpc) is 2.46. The average molecular weight is 263 g/mol. The second-order valence-corrected chi connectivity index (χ2v) is 5.01. The fourth-order valence-electron chi connectivity index (χ4n) is 2.23. The predicted molar refractivity (Wildman–Crippen MR) is 73.5 cm³/mol. The van der Waals surface area contributed by atoms with Crippen LogP contribution in [-0.4, -0.2) is 48.8 Å². The summed E-state index contributed by atoms with van der Waals surface area (Å²) >= 11 is 0. The molecule has 0 aliphatic carbocycles. The lowest BCUT2D eigenvalue weighted by Gasteiger charge is -2.26. The van der Waals surface area contributed by atoms with Crippen LogP contribution in [0.5, 0.6) is 0 Å². The second kappa shape index (κ2) is 6.68. The zero-order chi connectivity index (χ0) is 13.7. The minimum atomic E-state index is -0.777. The predicted octanol–water partition coefficient (Wildman–Crippen LogP) is 1.75. The molecule has 0 amide bonds. The van der Waals surface area contributed by atoms with Crippen LogP contribution in [-0.2, 0) is 16.0 Å². The van der Waals surface area contributed by atoms with Crippen LogP contribution in [0.4, 0.5) is 0 Å². The fraction of sp³-hybridized carbons (Fsp3) is 0.533. The Hall–Kier alpha value is -1.39. The SMILES string of the molecule is CC(C(=O)O)c1ccc(CCN2CCOCC2)cc1. The summed E-state index contributed by atoms with van der Waals surface area (Å²) in [4.78, 5) is 13.3. The van der Waals surface area contributed by atoms with Crippen LogP contribution in [0.15, 0.2) is 24.3 Å². The van der Waals surface area contributed by atoms with Gasteiger partial charge in [-0.1, -0.05) is 24.3 Å². The van der Waals surface area contributed by atoms with E-state index in [0.29, 0.717) is 0 Å².